The van der Waals surface area contributed by atoms with Crippen molar-refractivity contribution in [2.45, 2.75) is 66.2 Å². The molecular weight excluding hydrogens is 232 g/mol. The normalized spacial score (nSPS) is 28.1. The third kappa shape index (κ3) is 3.84. The van der Waals surface area contributed by atoms with Gasteiger partial charge in [-0.1, -0.05) is 40.5 Å². The zero-order valence-corrected chi connectivity index (χ0v) is 13.1. The SMILES string of the molecule is CC(C)CC1=NNC=C2CCC(C(C)C)CCCC21. The van der Waals surface area contributed by atoms with Crippen LogP contribution in [0.1, 0.15) is 66.2 Å². The molecule has 1 heterocycles. The molecule has 0 aromatic rings. The number of hydrogen-bond acceptors (Lipinski definition) is 2. The molecule has 1 N–H and O–H groups in total. The summed E-state index contributed by atoms with van der Waals surface area (Å²) in [5.41, 5.74) is 6.16. The van der Waals surface area contributed by atoms with Crippen LogP contribution in [0.4, 0.5) is 0 Å². The molecule has 1 aliphatic heterocycles. The van der Waals surface area contributed by atoms with Gasteiger partial charge in [-0.15, -0.1) is 0 Å². The Morgan fingerprint density at radius 3 is 2.68 bits per heavy atom. The Morgan fingerprint density at radius 2 is 2.00 bits per heavy atom. The summed E-state index contributed by atoms with van der Waals surface area (Å²) in [5, 5.41) is 4.57. The first kappa shape index (κ1) is 14.6. The average Bonchev–Trinajstić information content (AvgIpc) is 2.29. The van der Waals surface area contributed by atoms with E-state index < -0.39 is 0 Å². The minimum atomic E-state index is 0.636. The van der Waals surface area contributed by atoms with Crippen molar-refractivity contribution >= 4 is 5.71 Å². The van der Waals surface area contributed by atoms with Gasteiger partial charge in [0.2, 0.25) is 0 Å². The molecule has 0 amide bonds. The molecule has 0 aromatic heterocycles. The molecule has 0 aromatic carbocycles. The number of hydrazone groups is 1. The van der Waals surface area contributed by atoms with E-state index in [0.29, 0.717) is 11.8 Å². The van der Waals surface area contributed by atoms with E-state index in [0.717, 1.165) is 18.3 Å². The predicted octanol–water partition coefficient (Wildman–Crippen LogP) is 4.73. The Labute approximate surface area is 118 Å². The quantitative estimate of drug-likeness (QED) is 0.781. The Balaban J connectivity index is 2.03. The van der Waals surface area contributed by atoms with Crippen LogP contribution in [-0.4, -0.2) is 5.71 Å². The topological polar surface area (TPSA) is 24.4 Å². The van der Waals surface area contributed by atoms with Crippen LogP contribution in [0.25, 0.3) is 0 Å². The minimum absolute atomic E-state index is 0.636. The fourth-order valence-electron chi connectivity index (χ4n) is 3.54. The first-order chi connectivity index (χ1) is 9.08. The highest BCUT2D eigenvalue weighted by molar-refractivity contribution is 5.89. The lowest BCUT2D eigenvalue weighted by atomic mass is 9.76. The molecule has 2 rings (SSSR count). The number of allylic oxidation sites excluding steroid dienone is 1. The largest absolute Gasteiger partial charge is 0.286 e. The third-order valence-electron chi connectivity index (χ3n) is 4.74. The number of nitrogens with zero attached hydrogens (tertiary/aromatic N) is 1. The molecule has 0 saturated heterocycles. The van der Waals surface area contributed by atoms with E-state index in [-0.39, 0.29) is 0 Å². The van der Waals surface area contributed by atoms with Crippen LogP contribution in [-0.2, 0) is 0 Å². The van der Waals surface area contributed by atoms with Gasteiger partial charge in [0.25, 0.3) is 0 Å². The maximum atomic E-state index is 4.57. The molecule has 19 heavy (non-hydrogen) atoms. The summed E-state index contributed by atoms with van der Waals surface area (Å²) in [6.07, 6.45) is 10.0. The highest BCUT2D eigenvalue weighted by Crippen LogP contribution is 2.35. The molecule has 2 nitrogen and oxygen atoms in total. The van der Waals surface area contributed by atoms with Crippen molar-refractivity contribution in [2.24, 2.45) is 28.8 Å². The zero-order valence-electron chi connectivity index (χ0n) is 13.1. The maximum Gasteiger partial charge on any atom is 0.0456 e. The average molecular weight is 262 g/mol. The monoisotopic (exact) mass is 262 g/mol. The lowest BCUT2D eigenvalue weighted by molar-refractivity contribution is 0.306. The summed E-state index contributed by atoms with van der Waals surface area (Å²) in [7, 11) is 0. The Bertz CT molecular complexity index is 352. The lowest BCUT2D eigenvalue weighted by Gasteiger charge is -2.32. The van der Waals surface area contributed by atoms with Crippen molar-refractivity contribution in [3.8, 4) is 0 Å². The molecule has 1 aliphatic carbocycles. The minimum Gasteiger partial charge on any atom is -0.286 e. The van der Waals surface area contributed by atoms with Crippen LogP contribution >= 0.6 is 0 Å². The van der Waals surface area contributed by atoms with Crippen molar-refractivity contribution in [3.63, 3.8) is 0 Å². The van der Waals surface area contributed by atoms with Crippen molar-refractivity contribution in [1.29, 1.82) is 0 Å². The summed E-state index contributed by atoms with van der Waals surface area (Å²) in [6, 6.07) is 0. The summed E-state index contributed by atoms with van der Waals surface area (Å²) in [6.45, 7) is 9.34. The second-order valence-corrected chi connectivity index (χ2v) is 7.08. The molecule has 2 atom stereocenters. The van der Waals surface area contributed by atoms with Crippen LogP contribution < -0.4 is 5.43 Å². The second kappa shape index (κ2) is 6.58. The van der Waals surface area contributed by atoms with E-state index in [9.17, 15) is 0 Å². The Morgan fingerprint density at radius 1 is 1.21 bits per heavy atom. The number of rotatable bonds is 3. The Hall–Kier alpha value is -0.790. The predicted molar refractivity (Wildman–Crippen MR) is 83.0 cm³/mol. The highest BCUT2D eigenvalue weighted by atomic mass is 15.3. The van der Waals surface area contributed by atoms with Crippen molar-refractivity contribution < 1.29 is 0 Å². The number of nitrogens with one attached hydrogen (secondary N) is 1. The van der Waals surface area contributed by atoms with Gasteiger partial charge in [0.1, 0.15) is 0 Å². The standard InChI is InChI=1S/C17H30N2/c1-12(2)10-17-16-7-5-6-14(13(3)4)8-9-15(16)11-18-19-17/h11-14,16,18H,5-10H2,1-4H3. The van der Waals surface area contributed by atoms with E-state index in [1.54, 1.807) is 5.57 Å². The lowest BCUT2D eigenvalue weighted by Crippen LogP contribution is -2.28. The van der Waals surface area contributed by atoms with E-state index in [4.69, 9.17) is 0 Å². The van der Waals surface area contributed by atoms with Gasteiger partial charge < -0.3 is 0 Å². The molecule has 108 valence electrons. The van der Waals surface area contributed by atoms with Gasteiger partial charge in [0.15, 0.2) is 0 Å². The summed E-state index contributed by atoms with van der Waals surface area (Å²) < 4.78 is 0. The van der Waals surface area contributed by atoms with Gasteiger partial charge in [0, 0.05) is 17.8 Å². The molecule has 0 bridgehead atoms. The maximum absolute atomic E-state index is 4.57. The highest BCUT2D eigenvalue weighted by Gasteiger charge is 2.27. The van der Waals surface area contributed by atoms with Crippen LogP contribution in [0.3, 0.4) is 0 Å². The van der Waals surface area contributed by atoms with Crippen molar-refractivity contribution in [2.75, 3.05) is 0 Å². The van der Waals surface area contributed by atoms with E-state index in [1.807, 2.05) is 0 Å². The fraction of sp³-hybridized carbons (Fsp3) is 0.824. The van der Waals surface area contributed by atoms with Crippen LogP contribution in [0.15, 0.2) is 16.9 Å². The molecule has 2 aliphatic rings. The van der Waals surface area contributed by atoms with Crippen LogP contribution in [0.2, 0.25) is 0 Å². The molecule has 1 saturated carbocycles. The summed E-state index contributed by atoms with van der Waals surface area (Å²) >= 11 is 0. The Kier molecular flexibility index (Phi) is 5.06. The third-order valence-corrected chi connectivity index (χ3v) is 4.74. The molecular formula is C17H30N2. The van der Waals surface area contributed by atoms with Gasteiger partial charge in [-0.25, -0.2) is 0 Å². The molecule has 0 spiro atoms. The number of hydrogen-bond donors (Lipinski definition) is 1. The van der Waals surface area contributed by atoms with Gasteiger partial charge in [-0.3, -0.25) is 5.43 Å². The van der Waals surface area contributed by atoms with Gasteiger partial charge in [-0.2, -0.15) is 5.10 Å². The van der Waals surface area contributed by atoms with E-state index in [2.05, 4.69) is 44.4 Å². The van der Waals surface area contributed by atoms with E-state index in [1.165, 1.54) is 37.8 Å². The van der Waals surface area contributed by atoms with Gasteiger partial charge in [-0.05, 0) is 49.0 Å². The van der Waals surface area contributed by atoms with Crippen molar-refractivity contribution in [1.82, 2.24) is 5.43 Å². The molecule has 2 unspecified atom stereocenters. The van der Waals surface area contributed by atoms with Crippen LogP contribution in [0.5, 0.6) is 0 Å². The summed E-state index contributed by atoms with van der Waals surface area (Å²) in [5.74, 6) is 3.08. The smallest absolute Gasteiger partial charge is 0.0456 e. The second-order valence-electron chi connectivity index (χ2n) is 7.08. The molecule has 1 fully saturated rings. The van der Waals surface area contributed by atoms with Crippen molar-refractivity contribution in [3.05, 3.63) is 11.8 Å². The van der Waals surface area contributed by atoms with E-state index >= 15 is 0 Å². The molecule has 2 heteroatoms. The fourth-order valence-corrected chi connectivity index (χ4v) is 3.54. The van der Waals surface area contributed by atoms with Gasteiger partial charge >= 0.3 is 0 Å². The van der Waals surface area contributed by atoms with Gasteiger partial charge in [0.05, 0.1) is 0 Å². The number of fused-ring (bicyclic) bond motifs is 1. The first-order valence-electron chi connectivity index (χ1n) is 8.08. The van der Waals surface area contributed by atoms with Crippen LogP contribution in [0, 0.1) is 23.7 Å². The molecule has 0 radical (unpaired) electrons. The summed E-state index contributed by atoms with van der Waals surface area (Å²) in [4.78, 5) is 0. The first-order valence-corrected chi connectivity index (χ1v) is 8.08. The zero-order chi connectivity index (χ0) is 13.8.